The van der Waals surface area contributed by atoms with Gasteiger partial charge in [0, 0.05) is 0 Å². The van der Waals surface area contributed by atoms with Crippen molar-refractivity contribution < 1.29 is 57.5 Å². The zero-order chi connectivity index (χ0) is 20.2. The van der Waals surface area contributed by atoms with Crippen LogP contribution in [-0.4, -0.2) is 47.1 Å². The summed E-state index contributed by atoms with van der Waals surface area (Å²) in [5.74, 6) is 0.804. The zero-order valence-corrected chi connectivity index (χ0v) is 23.4. The minimum Gasteiger partial charge on any atom is 1.00 e. The molecule has 1 fully saturated rings. The molecule has 0 saturated carbocycles. The van der Waals surface area contributed by atoms with Gasteiger partial charge in [0.2, 0.25) is 0 Å². The molecule has 29 heavy (non-hydrogen) atoms. The summed E-state index contributed by atoms with van der Waals surface area (Å²) < 4.78 is 35.3. The molecule has 1 saturated heterocycles. The summed E-state index contributed by atoms with van der Waals surface area (Å²) in [7, 11) is -2.61. The zero-order valence-electron chi connectivity index (χ0n) is 17.7. The first-order chi connectivity index (χ1) is 13.5. The molecule has 1 aliphatic heterocycles. The van der Waals surface area contributed by atoms with E-state index in [0.29, 0.717) is 26.1 Å². The molecule has 1 aliphatic rings. The quantitative estimate of drug-likeness (QED) is 0.172. The molecule has 0 aromatic heterocycles. The van der Waals surface area contributed by atoms with Gasteiger partial charge in [0.25, 0.3) is 0 Å². The predicted octanol–water partition coefficient (Wildman–Crippen LogP) is 1.15. The van der Waals surface area contributed by atoms with Crippen LogP contribution in [-0.2, 0) is 25.0 Å². The predicted molar refractivity (Wildman–Crippen MR) is 109 cm³/mol. The Labute approximate surface area is 206 Å². The summed E-state index contributed by atoms with van der Waals surface area (Å²) in [5.41, 5.74) is 1.04. The molecule has 0 bridgehead atoms. The van der Waals surface area contributed by atoms with Crippen LogP contribution in [0.1, 0.15) is 38.2 Å². The van der Waals surface area contributed by atoms with Crippen molar-refractivity contribution in [2.45, 2.75) is 60.3 Å². The number of unbranched alkanes of at least 4 members (excludes halogenated alkanes) is 1. The fraction of sp³-hybridized carbons (Fsp3) is 0.600. The molecule has 9 heteroatoms. The summed E-state index contributed by atoms with van der Waals surface area (Å²) >= 11 is -0.351. The maximum Gasteiger partial charge on any atom is 1.00 e. The van der Waals surface area contributed by atoms with Gasteiger partial charge in [0.05, 0.1) is 7.11 Å². The summed E-state index contributed by atoms with van der Waals surface area (Å²) in [6, 6.07) is 7.66. The SMILES string of the molecule is CCC[CH2][Sn][CH2]C=C[C@@H]1C[C@@H](CCOCc2ccc(OC)cc2)OP(=O)([O-])O1.[Na+]. The van der Waals surface area contributed by atoms with Gasteiger partial charge in [-0.2, -0.15) is 0 Å². The van der Waals surface area contributed by atoms with E-state index in [9.17, 15) is 9.46 Å². The van der Waals surface area contributed by atoms with E-state index in [1.807, 2.05) is 30.3 Å². The molecule has 0 N–H and O–H groups in total. The summed E-state index contributed by atoms with van der Waals surface area (Å²) in [6.45, 7) is 3.10. The van der Waals surface area contributed by atoms with Crippen LogP contribution in [0.15, 0.2) is 36.4 Å². The van der Waals surface area contributed by atoms with Gasteiger partial charge < -0.3 is 4.74 Å². The third-order valence-electron chi connectivity index (χ3n) is 4.37. The number of benzene rings is 1. The molecule has 2 rings (SSSR count). The van der Waals surface area contributed by atoms with Crippen molar-refractivity contribution in [2.24, 2.45) is 0 Å². The van der Waals surface area contributed by atoms with Crippen LogP contribution in [0.4, 0.5) is 0 Å². The molecule has 1 aromatic carbocycles. The van der Waals surface area contributed by atoms with E-state index < -0.39 is 20.0 Å². The monoisotopic (exact) mass is 540 g/mol. The van der Waals surface area contributed by atoms with Crippen LogP contribution in [0.5, 0.6) is 5.75 Å². The second-order valence-electron chi connectivity index (χ2n) is 6.73. The second-order valence-corrected chi connectivity index (χ2v) is 12.1. The van der Waals surface area contributed by atoms with Crippen LogP contribution < -0.4 is 39.2 Å². The largest absolute Gasteiger partial charge is 1.00 e. The molecule has 2 radical (unpaired) electrons. The van der Waals surface area contributed by atoms with E-state index in [-0.39, 0.29) is 50.7 Å². The van der Waals surface area contributed by atoms with Gasteiger partial charge in [-0.25, -0.2) is 0 Å². The third kappa shape index (κ3) is 11.7. The Morgan fingerprint density at radius 3 is 2.76 bits per heavy atom. The van der Waals surface area contributed by atoms with Crippen LogP contribution in [0, 0.1) is 0 Å². The van der Waals surface area contributed by atoms with E-state index in [0.717, 1.165) is 15.7 Å². The standard InChI is InChI=1S/C16H22O6P.C4H9.Na.Sn/c1-3-4-15-11-16(22-23(17,18)21-15)9-10-20-12-13-5-7-14(19-2)8-6-13;1-3-4-2;;/h3-8,15-16H,1,9-12H2,2H3,(H,17,18);1,3-4H2,2H3;;/q;;+1;/p-1/t15-,16-;;;/m1.../s1. The van der Waals surface area contributed by atoms with Crippen molar-refractivity contribution in [2.75, 3.05) is 13.7 Å². The fourth-order valence-electron chi connectivity index (χ4n) is 2.84. The second kappa shape index (κ2) is 15.4. The van der Waals surface area contributed by atoms with Crippen LogP contribution in [0.2, 0.25) is 8.87 Å². The van der Waals surface area contributed by atoms with Crippen LogP contribution in [0.3, 0.4) is 0 Å². The Morgan fingerprint density at radius 1 is 1.31 bits per heavy atom. The number of rotatable bonds is 12. The first kappa shape index (κ1) is 27.7. The average molecular weight is 539 g/mol. The molecule has 6 nitrogen and oxygen atoms in total. The van der Waals surface area contributed by atoms with Crippen LogP contribution in [0.25, 0.3) is 0 Å². The summed E-state index contributed by atoms with van der Waals surface area (Å²) in [6.07, 6.45) is 6.77. The van der Waals surface area contributed by atoms with Gasteiger partial charge in [0.15, 0.2) is 0 Å². The molecular formula is C20H30NaO6PSn. The fourth-order valence-corrected chi connectivity index (χ4v) is 7.10. The first-order valence-corrected chi connectivity index (χ1v) is 15.3. The molecule has 1 heterocycles. The molecule has 0 amide bonds. The maximum atomic E-state index is 11.9. The van der Waals surface area contributed by atoms with Gasteiger partial charge in [-0.05, 0) is 12.1 Å². The molecule has 156 valence electrons. The van der Waals surface area contributed by atoms with E-state index in [1.165, 1.54) is 17.3 Å². The molecule has 1 unspecified atom stereocenters. The van der Waals surface area contributed by atoms with Crippen molar-refractivity contribution >= 4 is 29.0 Å². The number of hydrogen-bond donors (Lipinski definition) is 0. The van der Waals surface area contributed by atoms with Gasteiger partial charge in [-0.3, -0.25) is 0 Å². The maximum absolute atomic E-state index is 11.9. The van der Waals surface area contributed by atoms with Gasteiger partial charge in [0.1, 0.15) is 5.75 Å². The normalized spacial score (nSPS) is 24.4. The van der Waals surface area contributed by atoms with E-state index in [4.69, 9.17) is 18.5 Å². The molecule has 0 aliphatic carbocycles. The smallest absolute Gasteiger partial charge is 1.00 e. The van der Waals surface area contributed by atoms with E-state index >= 15 is 0 Å². The van der Waals surface area contributed by atoms with Crippen LogP contribution >= 0.6 is 7.82 Å². The topological polar surface area (TPSA) is 77.1 Å². The summed E-state index contributed by atoms with van der Waals surface area (Å²) in [5, 5.41) is 0. The molecular weight excluding hydrogens is 509 g/mol. The average Bonchev–Trinajstić information content (AvgIpc) is 2.67. The van der Waals surface area contributed by atoms with Crippen molar-refractivity contribution in [3.8, 4) is 5.75 Å². The molecule has 0 spiro atoms. The Balaban J connectivity index is 0.00000420. The van der Waals surface area contributed by atoms with Crippen molar-refractivity contribution in [1.29, 1.82) is 0 Å². The number of ether oxygens (including phenoxy) is 2. The first-order valence-electron chi connectivity index (χ1n) is 9.78. The Morgan fingerprint density at radius 2 is 2.07 bits per heavy atom. The Hall–Kier alpha value is 0.629. The molecule has 1 aromatic rings. The van der Waals surface area contributed by atoms with Crippen molar-refractivity contribution in [3.05, 3.63) is 42.0 Å². The van der Waals surface area contributed by atoms with E-state index in [1.54, 1.807) is 7.11 Å². The minimum atomic E-state index is -4.24. The number of hydrogen-bond acceptors (Lipinski definition) is 6. The number of phosphoric acid groups is 1. The van der Waals surface area contributed by atoms with Gasteiger partial charge >= 0.3 is 179 Å². The van der Waals surface area contributed by atoms with Crippen molar-refractivity contribution in [3.63, 3.8) is 0 Å². The third-order valence-corrected chi connectivity index (χ3v) is 8.97. The Kier molecular flexibility index (Phi) is 14.7. The Bertz CT molecular complexity index is 642. The number of allylic oxidation sites excluding steroid dienone is 1. The minimum absolute atomic E-state index is 0. The molecule has 3 atom stereocenters. The number of phosphoric ester groups is 1. The van der Waals surface area contributed by atoms with E-state index in [2.05, 4.69) is 13.0 Å². The van der Waals surface area contributed by atoms with Gasteiger partial charge in [-0.15, -0.1) is 0 Å². The van der Waals surface area contributed by atoms with Gasteiger partial charge in [-0.1, -0.05) is 0 Å². The number of methoxy groups -OCH3 is 1. The summed E-state index contributed by atoms with van der Waals surface area (Å²) in [4.78, 5) is 11.9. The van der Waals surface area contributed by atoms with Crippen molar-refractivity contribution in [1.82, 2.24) is 0 Å².